The van der Waals surface area contributed by atoms with E-state index >= 15 is 0 Å². The minimum absolute atomic E-state index is 0.156. The predicted octanol–water partition coefficient (Wildman–Crippen LogP) is 9.75. The van der Waals surface area contributed by atoms with Gasteiger partial charge in [-0.25, -0.2) is 0 Å². The minimum atomic E-state index is -2.57. The number of carbonyl (C=O) groups is 1. The summed E-state index contributed by atoms with van der Waals surface area (Å²) < 4.78 is 12.0. The van der Waals surface area contributed by atoms with Crippen molar-refractivity contribution >= 4 is 32.5 Å². The monoisotopic (exact) mass is 572 g/mol. The molecular weight excluding hydrogens is 515 g/mol. The van der Waals surface area contributed by atoms with E-state index in [9.17, 15) is 4.79 Å². The van der Waals surface area contributed by atoms with Crippen molar-refractivity contribution in [2.24, 2.45) is 11.8 Å². The zero-order valence-electron chi connectivity index (χ0n) is 23.4. The number of Topliss-reactive ketones (excluding diaryl/α,β-unsaturated/α-hetero) is 1. The van der Waals surface area contributed by atoms with Gasteiger partial charge in [-0.1, -0.05) is 0 Å². The molecule has 0 radical (unpaired) electrons. The van der Waals surface area contributed by atoms with Gasteiger partial charge in [0, 0.05) is 0 Å². The normalized spacial score (nSPS) is 21.0. The number of ketones is 1. The first-order valence-corrected chi connectivity index (χ1v) is 24.4. The zero-order chi connectivity index (χ0) is 24.6. The summed E-state index contributed by atoms with van der Waals surface area (Å²) in [6.45, 7) is 23.4. The maximum absolute atomic E-state index is 13.2. The van der Waals surface area contributed by atoms with Crippen LogP contribution in [0.4, 0.5) is 0 Å². The fourth-order valence-electron chi connectivity index (χ4n) is 5.33. The molecule has 0 heterocycles. The summed E-state index contributed by atoms with van der Waals surface area (Å²) in [6, 6.07) is 0. The number of allylic oxidation sites excluding steroid dienone is 2. The van der Waals surface area contributed by atoms with Gasteiger partial charge >= 0.3 is 208 Å². The van der Waals surface area contributed by atoms with Crippen LogP contribution in [-0.2, 0) is 9.22 Å². The third-order valence-corrected chi connectivity index (χ3v) is 30.2. The Bertz CT molecular complexity index is 581. The fraction of sp³-hybridized carbons (Fsp3) is 0.893. The van der Waals surface area contributed by atoms with Crippen molar-refractivity contribution in [1.29, 1.82) is 0 Å². The molecule has 1 aliphatic rings. The summed E-state index contributed by atoms with van der Waals surface area (Å²) in [6.07, 6.45) is 11.9. The van der Waals surface area contributed by atoms with Crippen molar-refractivity contribution in [3.8, 4) is 0 Å². The summed E-state index contributed by atoms with van der Waals surface area (Å²) in [4.78, 5) is 13.2. The van der Waals surface area contributed by atoms with Gasteiger partial charge in [-0.05, 0) is 0 Å². The average molecular weight is 572 g/mol. The topological polar surface area (TPSA) is 26.3 Å². The van der Waals surface area contributed by atoms with Gasteiger partial charge in [-0.3, -0.25) is 0 Å². The van der Waals surface area contributed by atoms with Crippen molar-refractivity contribution in [2.45, 2.75) is 142 Å². The maximum atomic E-state index is 13.2. The van der Waals surface area contributed by atoms with E-state index in [0.717, 1.165) is 12.2 Å². The van der Waals surface area contributed by atoms with Crippen LogP contribution in [0.5, 0.6) is 0 Å². The van der Waals surface area contributed by atoms with E-state index in [4.69, 9.17) is 4.43 Å². The predicted molar refractivity (Wildman–Crippen MR) is 148 cm³/mol. The molecule has 0 saturated heterocycles. The van der Waals surface area contributed by atoms with Gasteiger partial charge in [-0.15, -0.1) is 0 Å². The van der Waals surface area contributed by atoms with Crippen LogP contribution in [-0.4, -0.2) is 32.5 Å². The third-order valence-electron chi connectivity index (χ3n) is 8.50. The molecule has 0 aromatic carbocycles. The summed E-state index contributed by atoms with van der Waals surface area (Å²) in [5.41, 5.74) is 0. The van der Waals surface area contributed by atoms with Crippen LogP contribution < -0.4 is 0 Å². The van der Waals surface area contributed by atoms with Crippen LogP contribution in [0.3, 0.4) is 0 Å². The van der Waals surface area contributed by atoms with Gasteiger partial charge in [0.2, 0.25) is 0 Å². The van der Waals surface area contributed by atoms with E-state index in [1.807, 2.05) is 0 Å². The van der Waals surface area contributed by atoms with E-state index in [1.165, 1.54) is 51.8 Å². The number of rotatable bonds is 13. The van der Waals surface area contributed by atoms with E-state index in [-0.39, 0.29) is 5.04 Å². The molecule has 0 fully saturated rings. The van der Waals surface area contributed by atoms with E-state index in [1.54, 1.807) is 0 Å². The SMILES string of the molecule is CCC[CH2][Sn]([CH2]CCC)([CH2]CCC)[C@@H]1C=C(O[Si](C)(C)C(C)(C)C)CC(=O)C[C@H]1C(C)C. The molecule has 32 heavy (non-hydrogen) atoms. The molecule has 2 atom stereocenters. The molecule has 0 amide bonds. The second kappa shape index (κ2) is 13.4. The Hall–Kier alpha value is 0.226. The first-order chi connectivity index (χ1) is 14.8. The van der Waals surface area contributed by atoms with Crippen LogP contribution in [0.15, 0.2) is 11.8 Å². The van der Waals surface area contributed by atoms with E-state index in [0.29, 0.717) is 28.0 Å². The summed E-state index contributed by atoms with van der Waals surface area (Å²) >= 11 is -2.57. The van der Waals surface area contributed by atoms with Gasteiger partial charge in [0.15, 0.2) is 0 Å². The van der Waals surface area contributed by atoms with Crippen LogP contribution in [0.25, 0.3) is 0 Å². The molecule has 1 rings (SSSR count). The van der Waals surface area contributed by atoms with Gasteiger partial charge in [0.25, 0.3) is 0 Å². The Labute approximate surface area is 206 Å². The number of carbonyl (C=O) groups excluding carboxylic acids is 1. The van der Waals surface area contributed by atoms with Crippen molar-refractivity contribution in [3.05, 3.63) is 11.8 Å². The van der Waals surface area contributed by atoms with Gasteiger partial charge in [0.05, 0.1) is 0 Å². The summed E-state index contributed by atoms with van der Waals surface area (Å²) in [7, 11) is -1.96. The molecule has 2 nitrogen and oxygen atoms in total. The van der Waals surface area contributed by atoms with Crippen LogP contribution >= 0.6 is 0 Å². The Morgan fingerprint density at radius 2 is 1.47 bits per heavy atom. The molecule has 0 aliphatic heterocycles. The van der Waals surface area contributed by atoms with Crippen LogP contribution in [0, 0.1) is 11.8 Å². The summed E-state index contributed by atoms with van der Waals surface area (Å²) in [5, 5.41) is 0.156. The van der Waals surface area contributed by atoms with Crippen molar-refractivity contribution in [1.82, 2.24) is 0 Å². The fourth-order valence-corrected chi connectivity index (χ4v) is 26.1. The van der Waals surface area contributed by atoms with E-state index < -0.39 is 26.7 Å². The van der Waals surface area contributed by atoms with Gasteiger partial charge in [0.1, 0.15) is 0 Å². The molecule has 0 unspecified atom stereocenters. The number of unbranched alkanes of at least 4 members (excludes halogenated alkanes) is 3. The third kappa shape index (κ3) is 8.46. The Kier molecular flexibility index (Phi) is 12.6. The zero-order valence-corrected chi connectivity index (χ0v) is 27.3. The number of hydrogen-bond acceptors (Lipinski definition) is 2. The Balaban J connectivity index is 3.58. The first kappa shape index (κ1) is 30.3. The van der Waals surface area contributed by atoms with Crippen LogP contribution in [0.2, 0.25) is 35.4 Å². The molecule has 0 N–H and O–H groups in total. The molecule has 0 saturated carbocycles. The number of hydrogen-bond donors (Lipinski definition) is 0. The molecule has 0 aromatic rings. The van der Waals surface area contributed by atoms with E-state index in [2.05, 4.69) is 74.6 Å². The molecule has 4 heteroatoms. The van der Waals surface area contributed by atoms with Gasteiger partial charge < -0.3 is 0 Å². The summed E-state index contributed by atoms with van der Waals surface area (Å²) in [5.74, 6) is 2.55. The molecule has 0 spiro atoms. The molecule has 1 aliphatic carbocycles. The standard InChI is InChI=1S/C16H29O2Si.3C4H9.Sn/c1-12(2)13-8-9-15(11-14(17)10-13)18-19(6,7)16(3,4)5;3*1-3-4-2;/h8-9,12-13H,10-11H2,1-7H3;3*1,3-4H2,2H3;/t13-;;;;/m0..../s1. The molecular formula is C28H56O2SiSn. The quantitative estimate of drug-likeness (QED) is 0.206. The van der Waals surface area contributed by atoms with Crippen LogP contribution in [0.1, 0.15) is 107 Å². The second-order valence-corrected chi connectivity index (χ2v) is 31.2. The van der Waals surface area contributed by atoms with Crippen molar-refractivity contribution in [3.63, 3.8) is 0 Å². The van der Waals surface area contributed by atoms with Crippen molar-refractivity contribution < 1.29 is 9.22 Å². The Morgan fingerprint density at radius 1 is 1.00 bits per heavy atom. The van der Waals surface area contributed by atoms with Gasteiger partial charge in [-0.2, -0.15) is 0 Å². The molecule has 0 aromatic heterocycles. The molecule has 188 valence electrons. The average Bonchev–Trinajstić information content (AvgIpc) is 2.85. The van der Waals surface area contributed by atoms with Crippen molar-refractivity contribution in [2.75, 3.05) is 0 Å². The first-order valence-electron chi connectivity index (χ1n) is 13.7. The molecule has 0 bridgehead atoms. The Morgan fingerprint density at radius 3 is 1.84 bits per heavy atom. The second-order valence-electron chi connectivity index (χ2n) is 12.5.